The Hall–Kier alpha value is -1.49. The second-order valence-electron chi connectivity index (χ2n) is 4.81. The monoisotopic (exact) mass is 270 g/mol. The van der Waals surface area contributed by atoms with Gasteiger partial charge in [-0.3, -0.25) is 4.79 Å². The predicted molar refractivity (Wildman–Crippen MR) is 70.7 cm³/mol. The maximum Gasteiger partial charge on any atom is 0.221 e. The highest BCUT2D eigenvalue weighted by Gasteiger charge is 2.14. The van der Waals surface area contributed by atoms with Crippen LogP contribution in [0.15, 0.2) is 18.2 Å². The van der Waals surface area contributed by atoms with Gasteiger partial charge in [-0.1, -0.05) is 13.8 Å². The van der Waals surface area contributed by atoms with Crippen LogP contribution in [0.2, 0.25) is 0 Å². The van der Waals surface area contributed by atoms with E-state index < -0.39 is 17.7 Å². The largest absolute Gasteiger partial charge is 0.349 e. The minimum absolute atomic E-state index is 0.158. The average molecular weight is 270 g/mol. The lowest BCUT2D eigenvalue weighted by Gasteiger charge is -2.15. The molecule has 19 heavy (non-hydrogen) atoms. The quantitative estimate of drug-likeness (QED) is 0.834. The van der Waals surface area contributed by atoms with E-state index in [1.165, 1.54) is 0 Å². The first-order valence-corrected chi connectivity index (χ1v) is 6.38. The van der Waals surface area contributed by atoms with Crippen LogP contribution in [0.25, 0.3) is 0 Å². The molecule has 0 radical (unpaired) electrons. The summed E-state index contributed by atoms with van der Waals surface area (Å²) in [7, 11) is 0. The van der Waals surface area contributed by atoms with Gasteiger partial charge in [0.2, 0.25) is 5.91 Å². The number of hydrogen-bond donors (Lipinski definition) is 2. The third-order valence-corrected chi connectivity index (χ3v) is 2.71. The molecule has 1 amide bonds. The molecule has 0 aromatic heterocycles. The van der Waals surface area contributed by atoms with Gasteiger partial charge in [-0.15, -0.1) is 0 Å². The Labute approximate surface area is 112 Å². The van der Waals surface area contributed by atoms with Gasteiger partial charge in [-0.05, 0) is 25.1 Å². The van der Waals surface area contributed by atoms with Crippen LogP contribution >= 0.6 is 0 Å². The van der Waals surface area contributed by atoms with E-state index >= 15 is 0 Å². The fraction of sp³-hybridized carbons (Fsp3) is 0.500. The van der Waals surface area contributed by atoms with E-state index in [0.717, 1.165) is 18.2 Å². The first-order valence-electron chi connectivity index (χ1n) is 6.38. The van der Waals surface area contributed by atoms with E-state index in [1.807, 2.05) is 13.8 Å². The van der Waals surface area contributed by atoms with E-state index in [-0.39, 0.29) is 11.5 Å². The Morgan fingerprint density at radius 1 is 1.26 bits per heavy atom. The van der Waals surface area contributed by atoms with Crippen molar-refractivity contribution in [2.75, 3.05) is 6.54 Å². The number of hydrogen-bond acceptors (Lipinski definition) is 2. The number of amides is 1. The molecule has 106 valence electrons. The fourth-order valence-electron chi connectivity index (χ4n) is 1.71. The van der Waals surface area contributed by atoms with Gasteiger partial charge in [0.15, 0.2) is 0 Å². The average Bonchev–Trinajstić information content (AvgIpc) is 2.31. The molecule has 3 nitrogen and oxygen atoms in total. The highest BCUT2D eigenvalue weighted by Crippen LogP contribution is 2.17. The summed E-state index contributed by atoms with van der Waals surface area (Å²) in [5.74, 6) is -1.22. The van der Waals surface area contributed by atoms with Gasteiger partial charge in [0.25, 0.3) is 0 Å². The summed E-state index contributed by atoms with van der Waals surface area (Å²) in [5, 5.41) is 5.77. The van der Waals surface area contributed by atoms with Crippen molar-refractivity contribution in [3.8, 4) is 0 Å². The molecule has 1 aromatic rings. The molecule has 0 spiro atoms. The first-order chi connectivity index (χ1) is 8.90. The van der Waals surface area contributed by atoms with Gasteiger partial charge >= 0.3 is 0 Å². The molecule has 2 N–H and O–H groups in total. The van der Waals surface area contributed by atoms with E-state index in [1.54, 1.807) is 6.92 Å². The number of carbonyl (C=O) groups is 1. The molecule has 1 unspecified atom stereocenters. The van der Waals surface area contributed by atoms with Crippen LogP contribution in [0.3, 0.4) is 0 Å². The second-order valence-corrected chi connectivity index (χ2v) is 4.81. The molecule has 0 aliphatic carbocycles. The SMILES string of the molecule is CC(C)NCCC(=O)NC(C)c1cc(F)ccc1F. The minimum atomic E-state index is -0.553. The molecular weight excluding hydrogens is 250 g/mol. The summed E-state index contributed by atoms with van der Waals surface area (Å²) in [6.07, 6.45) is 0.305. The Kier molecular flexibility index (Phi) is 5.89. The zero-order chi connectivity index (χ0) is 14.4. The number of halogens is 2. The van der Waals surface area contributed by atoms with Crippen LogP contribution in [0, 0.1) is 11.6 Å². The summed E-state index contributed by atoms with van der Waals surface area (Å²) < 4.78 is 26.5. The predicted octanol–water partition coefficient (Wildman–Crippen LogP) is 2.53. The van der Waals surface area contributed by atoms with Crippen molar-refractivity contribution >= 4 is 5.91 Å². The topological polar surface area (TPSA) is 41.1 Å². The minimum Gasteiger partial charge on any atom is -0.349 e. The van der Waals surface area contributed by atoms with Crippen molar-refractivity contribution in [1.29, 1.82) is 0 Å². The molecule has 1 aromatic carbocycles. The van der Waals surface area contributed by atoms with Crippen molar-refractivity contribution < 1.29 is 13.6 Å². The molecule has 0 heterocycles. The summed E-state index contributed by atoms with van der Waals surface area (Å²) in [5.41, 5.74) is 0.158. The molecule has 0 saturated carbocycles. The van der Waals surface area contributed by atoms with Gasteiger partial charge in [-0.25, -0.2) is 8.78 Å². The lowest BCUT2D eigenvalue weighted by Crippen LogP contribution is -2.32. The van der Waals surface area contributed by atoms with Crippen LogP contribution in [0.5, 0.6) is 0 Å². The summed E-state index contributed by atoms with van der Waals surface area (Å²) in [6.45, 7) is 6.17. The Balaban J connectivity index is 2.52. The first kappa shape index (κ1) is 15.6. The normalized spacial score (nSPS) is 12.5. The molecule has 5 heteroatoms. The maximum absolute atomic E-state index is 13.5. The molecule has 0 bridgehead atoms. The Morgan fingerprint density at radius 2 is 1.95 bits per heavy atom. The highest BCUT2D eigenvalue weighted by molar-refractivity contribution is 5.76. The van der Waals surface area contributed by atoms with Crippen molar-refractivity contribution in [3.63, 3.8) is 0 Å². The van der Waals surface area contributed by atoms with E-state index in [4.69, 9.17) is 0 Å². The van der Waals surface area contributed by atoms with Crippen LogP contribution in [-0.2, 0) is 4.79 Å². The van der Waals surface area contributed by atoms with Gasteiger partial charge in [0.05, 0.1) is 6.04 Å². The van der Waals surface area contributed by atoms with Crippen molar-refractivity contribution in [2.45, 2.75) is 39.3 Å². The van der Waals surface area contributed by atoms with Gasteiger partial charge in [0.1, 0.15) is 11.6 Å². The van der Waals surface area contributed by atoms with Crippen molar-refractivity contribution in [1.82, 2.24) is 10.6 Å². The molecule has 0 saturated heterocycles. The smallest absolute Gasteiger partial charge is 0.221 e. The van der Waals surface area contributed by atoms with E-state index in [9.17, 15) is 13.6 Å². The highest BCUT2D eigenvalue weighted by atomic mass is 19.1. The third-order valence-electron chi connectivity index (χ3n) is 2.71. The van der Waals surface area contributed by atoms with Gasteiger partial charge in [0, 0.05) is 24.6 Å². The lowest BCUT2D eigenvalue weighted by molar-refractivity contribution is -0.121. The summed E-state index contributed by atoms with van der Waals surface area (Å²) in [6, 6.07) is 2.98. The number of nitrogens with one attached hydrogen (secondary N) is 2. The van der Waals surface area contributed by atoms with Crippen LogP contribution in [0.1, 0.15) is 38.8 Å². The Bertz CT molecular complexity index is 435. The zero-order valence-corrected chi connectivity index (χ0v) is 11.5. The molecule has 0 aliphatic rings. The third kappa shape index (κ3) is 5.34. The van der Waals surface area contributed by atoms with Gasteiger partial charge in [-0.2, -0.15) is 0 Å². The maximum atomic E-state index is 13.5. The van der Waals surface area contributed by atoms with Crippen molar-refractivity contribution in [3.05, 3.63) is 35.4 Å². The van der Waals surface area contributed by atoms with Crippen LogP contribution in [-0.4, -0.2) is 18.5 Å². The standard InChI is InChI=1S/C14H20F2N2O/c1-9(2)17-7-6-14(19)18-10(3)12-8-11(15)4-5-13(12)16/h4-5,8-10,17H,6-7H2,1-3H3,(H,18,19). The number of rotatable bonds is 6. The summed E-state index contributed by atoms with van der Waals surface area (Å²) >= 11 is 0. The summed E-state index contributed by atoms with van der Waals surface area (Å²) in [4.78, 5) is 11.6. The molecule has 0 fully saturated rings. The molecule has 1 rings (SSSR count). The Morgan fingerprint density at radius 3 is 2.58 bits per heavy atom. The number of benzene rings is 1. The van der Waals surface area contributed by atoms with Crippen molar-refractivity contribution in [2.24, 2.45) is 0 Å². The van der Waals surface area contributed by atoms with E-state index in [2.05, 4.69) is 10.6 Å². The van der Waals surface area contributed by atoms with Crippen LogP contribution < -0.4 is 10.6 Å². The second kappa shape index (κ2) is 7.19. The van der Waals surface area contributed by atoms with Crippen LogP contribution in [0.4, 0.5) is 8.78 Å². The zero-order valence-electron chi connectivity index (χ0n) is 11.5. The molecular formula is C14H20F2N2O. The lowest BCUT2D eigenvalue weighted by atomic mass is 10.1. The number of carbonyl (C=O) groups excluding carboxylic acids is 1. The van der Waals surface area contributed by atoms with Gasteiger partial charge < -0.3 is 10.6 Å². The fourth-order valence-corrected chi connectivity index (χ4v) is 1.71. The molecule has 1 atom stereocenters. The van der Waals surface area contributed by atoms with E-state index in [0.29, 0.717) is 19.0 Å². The molecule has 0 aliphatic heterocycles.